The molecule has 1 saturated heterocycles. The number of benzene rings is 1. The second kappa shape index (κ2) is 8.69. The van der Waals surface area contributed by atoms with Crippen molar-refractivity contribution in [1.82, 2.24) is 20.3 Å². The molecule has 0 aliphatic carbocycles. The van der Waals surface area contributed by atoms with Gasteiger partial charge >= 0.3 is 0 Å². The van der Waals surface area contributed by atoms with Gasteiger partial charge < -0.3 is 19.9 Å². The molecule has 7 nitrogen and oxygen atoms in total. The number of imidazole rings is 1. The maximum Gasteiger partial charge on any atom is 0.287 e. The van der Waals surface area contributed by atoms with Crippen molar-refractivity contribution in [3.63, 3.8) is 0 Å². The maximum atomic E-state index is 12.7. The molecule has 1 aliphatic rings. The van der Waals surface area contributed by atoms with Gasteiger partial charge in [-0.05, 0) is 31.9 Å². The van der Waals surface area contributed by atoms with E-state index >= 15 is 0 Å². The second-order valence-electron chi connectivity index (χ2n) is 6.98. The number of piperidine rings is 1. The summed E-state index contributed by atoms with van der Waals surface area (Å²) in [6.45, 7) is 5.99. The molecule has 29 heavy (non-hydrogen) atoms. The molecule has 0 radical (unpaired) electrons. The van der Waals surface area contributed by atoms with E-state index < -0.39 is 0 Å². The number of aromatic nitrogens is 3. The molecule has 0 unspecified atom stereocenters. The van der Waals surface area contributed by atoms with Crippen molar-refractivity contribution in [3.8, 4) is 0 Å². The lowest BCUT2D eigenvalue weighted by molar-refractivity contribution is 0.0272. The van der Waals surface area contributed by atoms with Crippen LogP contribution in [0.1, 0.15) is 36.6 Å². The molecule has 2 atom stereocenters. The zero-order valence-corrected chi connectivity index (χ0v) is 18.0. The van der Waals surface area contributed by atoms with Crippen LogP contribution in [-0.4, -0.2) is 52.7 Å². The minimum absolute atomic E-state index is 0.0953. The molecule has 154 valence electrons. The van der Waals surface area contributed by atoms with Gasteiger partial charge in [-0.25, -0.2) is 9.97 Å². The van der Waals surface area contributed by atoms with Crippen molar-refractivity contribution < 1.29 is 9.53 Å². The number of fused-ring (bicyclic) bond motifs is 1. The SMILES string of the molecule is CCO[C@H]1CN(c2nc3ccccc3s2)CC[C@H]1NC(=O)c1nc(Cl)c(CC)[nH]1. The monoisotopic (exact) mass is 433 g/mol. The fourth-order valence-electron chi connectivity index (χ4n) is 3.60. The van der Waals surface area contributed by atoms with Gasteiger partial charge in [-0.1, -0.05) is 42.0 Å². The Labute approximate surface area is 178 Å². The number of para-hydroxylation sites is 1. The number of rotatable bonds is 6. The van der Waals surface area contributed by atoms with Gasteiger partial charge in [0.15, 0.2) is 16.1 Å². The van der Waals surface area contributed by atoms with Crippen molar-refractivity contribution in [2.75, 3.05) is 24.6 Å². The van der Waals surface area contributed by atoms with Crippen molar-refractivity contribution in [3.05, 3.63) is 40.9 Å². The highest BCUT2D eigenvalue weighted by Crippen LogP contribution is 2.31. The molecular weight excluding hydrogens is 410 g/mol. The molecule has 2 aromatic heterocycles. The highest BCUT2D eigenvalue weighted by atomic mass is 35.5. The van der Waals surface area contributed by atoms with E-state index in [2.05, 4.69) is 26.3 Å². The van der Waals surface area contributed by atoms with Crippen LogP contribution in [-0.2, 0) is 11.2 Å². The number of ether oxygens (including phenoxy) is 1. The molecule has 3 aromatic rings. The van der Waals surface area contributed by atoms with Crippen LogP contribution in [0.4, 0.5) is 5.13 Å². The van der Waals surface area contributed by atoms with E-state index in [9.17, 15) is 4.79 Å². The van der Waals surface area contributed by atoms with Crippen LogP contribution in [0.5, 0.6) is 0 Å². The molecule has 1 amide bonds. The van der Waals surface area contributed by atoms with Crippen molar-refractivity contribution >= 4 is 44.2 Å². The van der Waals surface area contributed by atoms with Crippen LogP contribution in [0.2, 0.25) is 5.15 Å². The number of aryl methyl sites for hydroxylation is 1. The number of amides is 1. The third-order valence-electron chi connectivity index (χ3n) is 5.11. The van der Waals surface area contributed by atoms with E-state index in [1.54, 1.807) is 11.3 Å². The number of nitrogens with zero attached hydrogens (tertiary/aromatic N) is 3. The molecule has 0 spiro atoms. The maximum absolute atomic E-state index is 12.7. The Morgan fingerprint density at radius 3 is 2.93 bits per heavy atom. The van der Waals surface area contributed by atoms with Gasteiger partial charge in [-0.15, -0.1) is 0 Å². The number of hydrogen-bond acceptors (Lipinski definition) is 6. The number of nitrogens with one attached hydrogen (secondary N) is 2. The topological polar surface area (TPSA) is 83.1 Å². The Bertz CT molecular complexity index is 971. The van der Waals surface area contributed by atoms with E-state index in [0.29, 0.717) is 24.7 Å². The predicted molar refractivity (Wildman–Crippen MR) is 116 cm³/mol. The molecule has 1 aromatic carbocycles. The van der Waals surface area contributed by atoms with E-state index in [0.717, 1.165) is 29.3 Å². The van der Waals surface area contributed by atoms with Gasteiger partial charge in [0, 0.05) is 19.7 Å². The number of H-pyrrole nitrogens is 1. The van der Waals surface area contributed by atoms with E-state index in [1.807, 2.05) is 32.0 Å². The van der Waals surface area contributed by atoms with Crippen LogP contribution in [0, 0.1) is 0 Å². The number of aromatic amines is 1. The first-order chi connectivity index (χ1) is 14.1. The first-order valence-corrected chi connectivity index (χ1v) is 11.1. The molecule has 2 N–H and O–H groups in total. The average Bonchev–Trinajstić information content (AvgIpc) is 3.32. The zero-order chi connectivity index (χ0) is 20.4. The van der Waals surface area contributed by atoms with Crippen molar-refractivity contribution in [2.24, 2.45) is 0 Å². The van der Waals surface area contributed by atoms with Crippen molar-refractivity contribution in [1.29, 1.82) is 0 Å². The minimum Gasteiger partial charge on any atom is -0.375 e. The summed E-state index contributed by atoms with van der Waals surface area (Å²) in [4.78, 5) is 26.8. The normalized spacial score (nSPS) is 19.6. The molecule has 9 heteroatoms. The first-order valence-electron chi connectivity index (χ1n) is 9.86. The summed E-state index contributed by atoms with van der Waals surface area (Å²) in [6.07, 6.45) is 1.34. The number of carbonyl (C=O) groups excluding carboxylic acids is 1. The smallest absolute Gasteiger partial charge is 0.287 e. The summed E-state index contributed by atoms with van der Waals surface area (Å²) in [5.41, 5.74) is 1.78. The number of hydrogen-bond donors (Lipinski definition) is 2. The zero-order valence-electron chi connectivity index (χ0n) is 16.4. The Morgan fingerprint density at radius 1 is 1.38 bits per heavy atom. The molecule has 0 saturated carbocycles. The van der Waals surface area contributed by atoms with Gasteiger partial charge in [-0.2, -0.15) is 0 Å². The quantitative estimate of drug-likeness (QED) is 0.620. The molecule has 0 bridgehead atoms. The van der Waals surface area contributed by atoms with E-state index in [1.165, 1.54) is 4.70 Å². The number of halogens is 1. The number of thiazole rings is 1. The summed E-state index contributed by atoms with van der Waals surface area (Å²) < 4.78 is 7.15. The first kappa shape index (κ1) is 20.1. The highest BCUT2D eigenvalue weighted by Gasteiger charge is 2.33. The van der Waals surface area contributed by atoms with Crippen molar-refractivity contribution in [2.45, 2.75) is 38.8 Å². The van der Waals surface area contributed by atoms with Gasteiger partial charge in [0.2, 0.25) is 0 Å². The van der Waals surface area contributed by atoms with Gasteiger partial charge in [0.25, 0.3) is 5.91 Å². The van der Waals surface area contributed by atoms with Crippen LogP contribution in [0.15, 0.2) is 24.3 Å². The van der Waals surface area contributed by atoms with Crippen LogP contribution in [0.3, 0.4) is 0 Å². The summed E-state index contributed by atoms with van der Waals surface area (Å²) in [7, 11) is 0. The standard InChI is InChI=1S/C20H24ClN5O2S/c1-3-12-17(21)25-18(22-12)19(27)23-13-9-10-26(11-15(13)28-4-2)20-24-14-7-5-6-8-16(14)29-20/h5-8,13,15H,3-4,9-11H2,1-2H3,(H,22,25)(H,23,27)/t13-,15+/m1/s1. The lowest BCUT2D eigenvalue weighted by atomic mass is 10.0. The third-order valence-corrected chi connectivity index (χ3v) is 6.52. The minimum atomic E-state index is -0.255. The van der Waals surface area contributed by atoms with Gasteiger partial charge in [0.05, 0.1) is 28.1 Å². The summed E-state index contributed by atoms with van der Waals surface area (Å²) in [6, 6.07) is 8.05. The summed E-state index contributed by atoms with van der Waals surface area (Å²) >= 11 is 7.76. The summed E-state index contributed by atoms with van der Waals surface area (Å²) in [5, 5.41) is 4.42. The predicted octanol–water partition coefficient (Wildman–Crippen LogP) is 3.65. The Kier molecular flexibility index (Phi) is 6.03. The molecule has 3 heterocycles. The number of carbonyl (C=O) groups is 1. The van der Waals surface area contributed by atoms with Gasteiger partial charge in [0.1, 0.15) is 0 Å². The summed E-state index contributed by atoms with van der Waals surface area (Å²) in [5.74, 6) is -0.00885. The van der Waals surface area contributed by atoms with E-state index in [4.69, 9.17) is 21.3 Å². The van der Waals surface area contributed by atoms with Crippen LogP contribution < -0.4 is 10.2 Å². The largest absolute Gasteiger partial charge is 0.375 e. The lowest BCUT2D eigenvalue weighted by Crippen LogP contribution is -2.55. The molecular formula is C20H24ClN5O2S. The molecule has 4 rings (SSSR count). The molecule has 1 aliphatic heterocycles. The van der Waals surface area contributed by atoms with Crippen LogP contribution >= 0.6 is 22.9 Å². The van der Waals surface area contributed by atoms with Gasteiger partial charge in [-0.3, -0.25) is 4.79 Å². The van der Waals surface area contributed by atoms with Crippen LogP contribution in [0.25, 0.3) is 10.2 Å². The molecule has 1 fully saturated rings. The van der Waals surface area contributed by atoms with E-state index in [-0.39, 0.29) is 23.9 Å². The highest BCUT2D eigenvalue weighted by molar-refractivity contribution is 7.22. The third kappa shape index (κ3) is 4.24. The Balaban J connectivity index is 1.46. The second-order valence-corrected chi connectivity index (χ2v) is 8.35. The Hall–Kier alpha value is -2.16. The Morgan fingerprint density at radius 2 is 2.21 bits per heavy atom. The fourth-order valence-corrected chi connectivity index (χ4v) is 4.87. The average molecular weight is 434 g/mol. The lowest BCUT2D eigenvalue weighted by Gasteiger charge is -2.38. The number of anilines is 1. The fraction of sp³-hybridized carbons (Fsp3) is 0.450.